The van der Waals surface area contributed by atoms with E-state index in [1.807, 2.05) is 42.5 Å². The minimum Gasteiger partial charge on any atom is -0.468 e. The molecule has 0 amide bonds. The molecule has 1 unspecified atom stereocenters. The Morgan fingerprint density at radius 1 is 0.917 bits per heavy atom. The molecule has 188 valence electrons. The first-order valence-electron chi connectivity index (χ1n) is 11.6. The predicted molar refractivity (Wildman–Crippen MR) is 131 cm³/mol. The first-order chi connectivity index (χ1) is 17.2. The van der Waals surface area contributed by atoms with Gasteiger partial charge in [0.2, 0.25) is 6.79 Å². The number of tetrazole rings is 1. The molecule has 2 aliphatic heterocycles. The van der Waals surface area contributed by atoms with Crippen LogP contribution in [-0.4, -0.2) is 63.0 Å². The maximum absolute atomic E-state index is 15.1. The second-order valence-electron chi connectivity index (χ2n) is 8.70. The number of rotatable bonds is 7. The van der Waals surface area contributed by atoms with Crippen molar-refractivity contribution in [3.8, 4) is 11.5 Å². The van der Waals surface area contributed by atoms with Crippen molar-refractivity contribution in [2.45, 2.75) is 19.1 Å². The highest BCUT2D eigenvalue weighted by molar-refractivity contribution is 5.85. The van der Waals surface area contributed by atoms with Gasteiger partial charge >= 0.3 is 0 Å². The Bertz CT molecular complexity index is 1290. The van der Waals surface area contributed by atoms with Crippen molar-refractivity contribution in [2.24, 2.45) is 0 Å². The predicted octanol–water partition coefficient (Wildman–Crippen LogP) is 3.51. The standard InChI is InChI=1S/C25H25FN6O3.ClH/c26-21-6-2-1-5-20(21)24(31-11-9-30(10-12-31)16-19-4-3-13-33-19)25-27-28-29-32(25)15-18-7-8-22-23(14-18)35-17-34-22;/h1-8,13-14,24H,9-12,15-17H2;1H. The third-order valence-electron chi connectivity index (χ3n) is 6.50. The van der Waals surface area contributed by atoms with E-state index in [1.165, 1.54) is 6.07 Å². The first-order valence-corrected chi connectivity index (χ1v) is 11.6. The van der Waals surface area contributed by atoms with E-state index in [1.54, 1.807) is 17.0 Å². The van der Waals surface area contributed by atoms with Crippen LogP contribution in [0, 0.1) is 5.82 Å². The summed E-state index contributed by atoms with van der Waals surface area (Å²) >= 11 is 0. The highest BCUT2D eigenvalue weighted by Crippen LogP contribution is 2.34. The fraction of sp³-hybridized carbons (Fsp3) is 0.320. The highest BCUT2D eigenvalue weighted by Gasteiger charge is 2.32. The maximum atomic E-state index is 15.1. The molecule has 2 aliphatic rings. The average molecular weight is 513 g/mol. The summed E-state index contributed by atoms with van der Waals surface area (Å²) < 4.78 is 33.2. The minimum absolute atomic E-state index is 0. The van der Waals surface area contributed by atoms with Gasteiger partial charge in [-0.15, -0.1) is 17.5 Å². The number of nitrogens with zero attached hydrogens (tertiary/aromatic N) is 6. The molecule has 4 aromatic rings. The zero-order valence-electron chi connectivity index (χ0n) is 19.5. The van der Waals surface area contributed by atoms with Gasteiger partial charge in [-0.2, -0.15) is 0 Å². The number of ether oxygens (including phenoxy) is 2. The van der Waals surface area contributed by atoms with Gasteiger partial charge in [-0.3, -0.25) is 9.80 Å². The van der Waals surface area contributed by atoms with Crippen LogP contribution in [0.4, 0.5) is 4.39 Å². The molecule has 4 heterocycles. The molecule has 0 spiro atoms. The van der Waals surface area contributed by atoms with Crippen LogP contribution in [0.25, 0.3) is 0 Å². The molecule has 1 fully saturated rings. The Labute approximate surface area is 213 Å². The van der Waals surface area contributed by atoms with Crippen molar-refractivity contribution in [1.29, 1.82) is 0 Å². The summed E-state index contributed by atoms with van der Waals surface area (Å²) in [6.07, 6.45) is 1.69. The number of piperazine rings is 1. The zero-order chi connectivity index (χ0) is 23.6. The normalized spacial score (nSPS) is 16.6. The molecule has 0 radical (unpaired) electrons. The lowest BCUT2D eigenvalue weighted by Gasteiger charge is -2.38. The van der Waals surface area contributed by atoms with Gasteiger partial charge in [0, 0.05) is 31.7 Å². The highest BCUT2D eigenvalue weighted by atomic mass is 35.5. The summed E-state index contributed by atoms with van der Waals surface area (Å²) in [6.45, 7) is 4.56. The van der Waals surface area contributed by atoms with Crippen LogP contribution in [0.1, 0.15) is 28.8 Å². The largest absolute Gasteiger partial charge is 0.468 e. The number of hydrogen-bond donors (Lipinski definition) is 0. The summed E-state index contributed by atoms with van der Waals surface area (Å²) in [5.41, 5.74) is 1.53. The Kier molecular flexibility index (Phi) is 7.17. The first kappa shape index (κ1) is 24.2. The van der Waals surface area contributed by atoms with Crippen LogP contribution in [-0.2, 0) is 13.1 Å². The van der Waals surface area contributed by atoms with E-state index in [2.05, 4.69) is 25.3 Å². The molecule has 1 atom stereocenters. The van der Waals surface area contributed by atoms with Gasteiger partial charge in [-0.1, -0.05) is 24.3 Å². The molecule has 11 heteroatoms. The number of fused-ring (bicyclic) bond motifs is 1. The molecule has 6 rings (SSSR count). The number of aromatic nitrogens is 4. The van der Waals surface area contributed by atoms with Crippen LogP contribution < -0.4 is 9.47 Å². The monoisotopic (exact) mass is 512 g/mol. The van der Waals surface area contributed by atoms with Crippen LogP contribution in [0.2, 0.25) is 0 Å². The number of furan rings is 1. The fourth-order valence-electron chi connectivity index (χ4n) is 4.73. The topological polar surface area (TPSA) is 81.7 Å². The van der Waals surface area contributed by atoms with E-state index in [0.717, 1.165) is 49.8 Å². The number of hydrogen-bond acceptors (Lipinski definition) is 8. The van der Waals surface area contributed by atoms with Gasteiger partial charge in [0.05, 0.1) is 19.4 Å². The van der Waals surface area contributed by atoms with Crippen LogP contribution in [0.3, 0.4) is 0 Å². The quantitative estimate of drug-likeness (QED) is 0.372. The van der Waals surface area contributed by atoms with Crippen molar-refractivity contribution >= 4 is 12.4 Å². The Hall–Kier alpha value is -3.47. The Balaban J connectivity index is 0.00000267. The third kappa shape index (κ3) is 4.92. The van der Waals surface area contributed by atoms with Gasteiger partial charge in [0.15, 0.2) is 17.3 Å². The van der Waals surface area contributed by atoms with E-state index in [0.29, 0.717) is 23.7 Å². The molecule has 0 N–H and O–H groups in total. The van der Waals surface area contributed by atoms with Gasteiger partial charge in [-0.25, -0.2) is 9.07 Å². The molecule has 2 aromatic heterocycles. The summed E-state index contributed by atoms with van der Waals surface area (Å²) in [5, 5.41) is 12.6. The average Bonchev–Trinajstić information content (AvgIpc) is 3.64. The van der Waals surface area contributed by atoms with E-state index >= 15 is 4.39 Å². The molecule has 2 aromatic carbocycles. The maximum Gasteiger partial charge on any atom is 0.231 e. The van der Waals surface area contributed by atoms with Gasteiger partial charge < -0.3 is 13.9 Å². The number of halogens is 2. The van der Waals surface area contributed by atoms with Crippen LogP contribution in [0.15, 0.2) is 65.3 Å². The second-order valence-corrected chi connectivity index (χ2v) is 8.70. The lowest BCUT2D eigenvalue weighted by molar-refractivity contribution is 0.0944. The molecule has 36 heavy (non-hydrogen) atoms. The fourth-order valence-corrected chi connectivity index (χ4v) is 4.73. The van der Waals surface area contributed by atoms with E-state index < -0.39 is 6.04 Å². The molecule has 0 saturated carbocycles. The SMILES string of the molecule is Cl.Fc1ccccc1C(c1nnnn1Cc1ccc2c(c1)OCO2)N1CCN(Cc2ccco2)CC1. The van der Waals surface area contributed by atoms with Crippen molar-refractivity contribution in [1.82, 2.24) is 30.0 Å². The second kappa shape index (κ2) is 10.7. The van der Waals surface area contributed by atoms with Crippen LogP contribution in [0.5, 0.6) is 11.5 Å². The smallest absolute Gasteiger partial charge is 0.231 e. The van der Waals surface area contributed by atoms with Gasteiger partial charge in [-0.05, 0) is 46.3 Å². The zero-order valence-corrected chi connectivity index (χ0v) is 20.3. The van der Waals surface area contributed by atoms with Crippen molar-refractivity contribution in [2.75, 3.05) is 33.0 Å². The van der Waals surface area contributed by atoms with Crippen molar-refractivity contribution < 1.29 is 18.3 Å². The Morgan fingerprint density at radius 2 is 1.75 bits per heavy atom. The molecule has 0 bridgehead atoms. The summed E-state index contributed by atoms with van der Waals surface area (Å²) in [5.74, 6) is 2.70. The lowest BCUT2D eigenvalue weighted by atomic mass is 10.0. The van der Waals surface area contributed by atoms with Gasteiger partial charge in [0.1, 0.15) is 17.6 Å². The third-order valence-corrected chi connectivity index (χ3v) is 6.50. The Morgan fingerprint density at radius 3 is 2.56 bits per heavy atom. The molecule has 0 aliphatic carbocycles. The van der Waals surface area contributed by atoms with E-state index in [4.69, 9.17) is 13.9 Å². The van der Waals surface area contributed by atoms with E-state index in [-0.39, 0.29) is 25.0 Å². The van der Waals surface area contributed by atoms with E-state index in [9.17, 15) is 0 Å². The summed E-state index contributed by atoms with van der Waals surface area (Å²) in [7, 11) is 0. The molecule has 9 nitrogen and oxygen atoms in total. The van der Waals surface area contributed by atoms with Crippen molar-refractivity contribution in [3.63, 3.8) is 0 Å². The van der Waals surface area contributed by atoms with Gasteiger partial charge in [0.25, 0.3) is 0 Å². The van der Waals surface area contributed by atoms with Crippen LogP contribution >= 0.6 is 12.4 Å². The van der Waals surface area contributed by atoms with Crippen molar-refractivity contribution in [3.05, 3.63) is 89.4 Å². The summed E-state index contributed by atoms with van der Waals surface area (Å²) in [6, 6.07) is 16.1. The minimum atomic E-state index is -0.411. The molecular weight excluding hydrogens is 487 g/mol. The lowest BCUT2D eigenvalue weighted by Crippen LogP contribution is -2.48. The number of benzene rings is 2. The molecule has 1 saturated heterocycles. The summed E-state index contributed by atoms with van der Waals surface area (Å²) in [4.78, 5) is 4.59. The molecular formula is C25H26ClFN6O3.